The third-order valence-corrected chi connectivity index (χ3v) is 3.16. The Bertz CT molecular complexity index is 348. The maximum atomic E-state index is 11.4. The molecule has 0 aliphatic carbocycles. The lowest BCUT2D eigenvalue weighted by Crippen LogP contribution is -2.40. The highest BCUT2D eigenvalue weighted by atomic mass is 32.1. The van der Waals surface area contributed by atoms with Crippen LogP contribution in [0.25, 0.3) is 0 Å². The highest BCUT2D eigenvalue weighted by Crippen LogP contribution is 2.10. The van der Waals surface area contributed by atoms with Crippen LogP contribution in [0.1, 0.15) is 24.6 Å². The molecule has 5 heteroatoms. The summed E-state index contributed by atoms with van der Waals surface area (Å²) in [5.74, 6) is -1.19. The SMILES string of the molecule is CC[C@@H](NC(=O)CCc1cccs1)C(=O)O. The Balaban J connectivity index is 2.33. The van der Waals surface area contributed by atoms with E-state index in [0.29, 0.717) is 19.3 Å². The first-order valence-electron chi connectivity index (χ1n) is 5.18. The van der Waals surface area contributed by atoms with Crippen molar-refractivity contribution in [2.75, 3.05) is 0 Å². The Morgan fingerprint density at radius 1 is 1.56 bits per heavy atom. The van der Waals surface area contributed by atoms with Crippen LogP contribution in [0, 0.1) is 0 Å². The van der Waals surface area contributed by atoms with Crippen molar-refractivity contribution in [2.45, 2.75) is 32.2 Å². The van der Waals surface area contributed by atoms with Crippen molar-refractivity contribution >= 4 is 23.2 Å². The highest BCUT2D eigenvalue weighted by Gasteiger charge is 2.17. The number of carbonyl (C=O) groups is 2. The number of hydrogen-bond acceptors (Lipinski definition) is 3. The van der Waals surface area contributed by atoms with Crippen LogP contribution in [-0.4, -0.2) is 23.0 Å². The van der Waals surface area contributed by atoms with E-state index in [9.17, 15) is 9.59 Å². The van der Waals surface area contributed by atoms with Gasteiger partial charge >= 0.3 is 5.97 Å². The molecule has 0 bridgehead atoms. The highest BCUT2D eigenvalue weighted by molar-refractivity contribution is 7.09. The molecule has 0 spiro atoms. The van der Waals surface area contributed by atoms with E-state index in [2.05, 4.69) is 5.32 Å². The molecule has 0 saturated heterocycles. The Hall–Kier alpha value is -1.36. The number of hydrogen-bond donors (Lipinski definition) is 2. The standard InChI is InChI=1S/C11H15NO3S/c1-2-9(11(14)15)12-10(13)6-5-8-4-3-7-16-8/h3-4,7,9H,2,5-6H2,1H3,(H,12,13)(H,14,15)/t9-/m1/s1. The molecule has 1 rings (SSSR count). The number of amides is 1. The number of aliphatic carboxylic acids is 1. The van der Waals surface area contributed by atoms with E-state index in [1.807, 2.05) is 17.5 Å². The molecule has 16 heavy (non-hydrogen) atoms. The third kappa shape index (κ3) is 4.02. The molecular formula is C11H15NO3S. The van der Waals surface area contributed by atoms with Gasteiger partial charge < -0.3 is 10.4 Å². The van der Waals surface area contributed by atoms with Crippen molar-refractivity contribution in [3.8, 4) is 0 Å². The first-order chi connectivity index (χ1) is 7.63. The molecular weight excluding hydrogens is 226 g/mol. The second-order valence-corrected chi connectivity index (χ2v) is 4.48. The zero-order valence-corrected chi connectivity index (χ0v) is 9.92. The Labute approximate surface area is 98.3 Å². The van der Waals surface area contributed by atoms with Crippen molar-refractivity contribution in [1.29, 1.82) is 0 Å². The largest absolute Gasteiger partial charge is 0.480 e. The van der Waals surface area contributed by atoms with Gasteiger partial charge in [-0.2, -0.15) is 0 Å². The zero-order chi connectivity index (χ0) is 12.0. The van der Waals surface area contributed by atoms with Crippen molar-refractivity contribution in [3.63, 3.8) is 0 Å². The maximum Gasteiger partial charge on any atom is 0.326 e. The molecule has 1 aromatic heterocycles. The molecule has 0 aliphatic heterocycles. The fourth-order valence-corrected chi connectivity index (χ4v) is 2.01. The van der Waals surface area contributed by atoms with Crippen LogP contribution in [-0.2, 0) is 16.0 Å². The van der Waals surface area contributed by atoms with E-state index in [1.54, 1.807) is 18.3 Å². The van der Waals surface area contributed by atoms with Gasteiger partial charge in [-0.3, -0.25) is 4.79 Å². The lowest BCUT2D eigenvalue weighted by molar-refractivity contribution is -0.141. The smallest absolute Gasteiger partial charge is 0.326 e. The molecule has 1 amide bonds. The van der Waals surface area contributed by atoms with Gasteiger partial charge in [-0.15, -0.1) is 11.3 Å². The normalized spacial score (nSPS) is 12.1. The van der Waals surface area contributed by atoms with Gasteiger partial charge in [0.2, 0.25) is 5.91 Å². The number of carboxylic acids is 1. The number of rotatable bonds is 6. The molecule has 2 N–H and O–H groups in total. The number of carboxylic acid groups (broad SMARTS) is 1. The summed E-state index contributed by atoms with van der Waals surface area (Å²) in [6.07, 6.45) is 1.41. The van der Waals surface area contributed by atoms with E-state index < -0.39 is 12.0 Å². The van der Waals surface area contributed by atoms with Crippen LogP contribution >= 0.6 is 11.3 Å². The summed E-state index contributed by atoms with van der Waals surface area (Å²) < 4.78 is 0. The average molecular weight is 241 g/mol. The minimum absolute atomic E-state index is 0.206. The van der Waals surface area contributed by atoms with Crippen LogP contribution in [0.2, 0.25) is 0 Å². The quantitative estimate of drug-likeness (QED) is 0.796. The van der Waals surface area contributed by atoms with E-state index in [4.69, 9.17) is 5.11 Å². The molecule has 1 heterocycles. The lowest BCUT2D eigenvalue weighted by atomic mass is 10.2. The van der Waals surface area contributed by atoms with Gasteiger partial charge in [0.05, 0.1) is 0 Å². The number of carbonyl (C=O) groups excluding carboxylic acids is 1. The first-order valence-corrected chi connectivity index (χ1v) is 6.06. The van der Waals surface area contributed by atoms with Crippen LogP contribution in [0.3, 0.4) is 0 Å². The molecule has 88 valence electrons. The van der Waals surface area contributed by atoms with E-state index in [-0.39, 0.29) is 5.91 Å². The molecule has 1 aromatic rings. The molecule has 0 fully saturated rings. The van der Waals surface area contributed by atoms with Gasteiger partial charge in [0, 0.05) is 11.3 Å². The molecule has 4 nitrogen and oxygen atoms in total. The second kappa shape index (κ2) is 6.27. The minimum atomic E-state index is -0.980. The van der Waals surface area contributed by atoms with Crippen molar-refractivity contribution in [3.05, 3.63) is 22.4 Å². The summed E-state index contributed by atoms with van der Waals surface area (Å²) in [4.78, 5) is 23.3. The first kappa shape index (κ1) is 12.7. The Kier molecular flexibility index (Phi) is 4.98. The fraction of sp³-hybridized carbons (Fsp3) is 0.455. The number of nitrogens with one attached hydrogen (secondary N) is 1. The minimum Gasteiger partial charge on any atom is -0.480 e. The Morgan fingerprint density at radius 2 is 2.31 bits per heavy atom. The van der Waals surface area contributed by atoms with Crippen LogP contribution in [0.5, 0.6) is 0 Å². The average Bonchev–Trinajstić information content (AvgIpc) is 2.75. The third-order valence-electron chi connectivity index (χ3n) is 2.22. The summed E-state index contributed by atoms with van der Waals surface area (Å²) in [5, 5.41) is 13.2. The zero-order valence-electron chi connectivity index (χ0n) is 9.10. The summed E-state index contributed by atoms with van der Waals surface area (Å²) >= 11 is 1.60. The van der Waals surface area contributed by atoms with Crippen LogP contribution in [0.15, 0.2) is 17.5 Å². The molecule has 0 aromatic carbocycles. The van der Waals surface area contributed by atoms with E-state index in [0.717, 1.165) is 4.88 Å². The summed E-state index contributed by atoms with van der Waals surface area (Å²) in [7, 11) is 0. The number of thiophene rings is 1. The molecule has 0 aliphatic rings. The van der Waals surface area contributed by atoms with Gasteiger partial charge in [-0.1, -0.05) is 13.0 Å². The molecule has 0 saturated carbocycles. The molecule has 1 atom stereocenters. The van der Waals surface area contributed by atoms with Gasteiger partial charge in [0.15, 0.2) is 0 Å². The monoisotopic (exact) mass is 241 g/mol. The maximum absolute atomic E-state index is 11.4. The molecule has 0 unspecified atom stereocenters. The summed E-state index contributed by atoms with van der Waals surface area (Å²) in [6, 6.07) is 3.13. The topological polar surface area (TPSA) is 66.4 Å². The Morgan fingerprint density at radius 3 is 2.81 bits per heavy atom. The van der Waals surface area contributed by atoms with E-state index in [1.165, 1.54) is 0 Å². The van der Waals surface area contributed by atoms with Gasteiger partial charge in [0.1, 0.15) is 6.04 Å². The van der Waals surface area contributed by atoms with Crippen LogP contribution in [0.4, 0.5) is 0 Å². The summed E-state index contributed by atoms with van der Waals surface area (Å²) in [5.41, 5.74) is 0. The summed E-state index contributed by atoms with van der Waals surface area (Å²) in [6.45, 7) is 1.73. The molecule has 0 radical (unpaired) electrons. The number of aryl methyl sites for hydroxylation is 1. The lowest BCUT2D eigenvalue weighted by Gasteiger charge is -2.11. The van der Waals surface area contributed by atoms with Crippen molar-refractivity contribution < 1.29 is 14.7 Å². The van der Waals surface area contributed by atoms with Crippen molar-refractivity contribution in [1.82, 2.24) is 5.32 Å². The van der Waals surface area contributed by atoms with Crippen molar-refractivity contribution in [2.24, 2.45) is 0 Å². The van der Waals surface area contributed by atoms with Gasteiger partial charge in [-0.25, -0.2) is 4.79 Å². The van der Waals surface area contributed by atoms with E-state index >= 15 is 0 Å². The van der Waals surface area contributed by atoms with Crippen LogP contribution < -0.4 is 5.32 Å². The predicted molar refractivity (Wildman–Crippen MR) is 62.5 cm³/mol. The van der Waals surface area contributed by atoms with Gasteiger partial charge in [0.25, 0.3) is 0 Å². The predicted octanol–water partition coefficient (Wildman–Crippen LogP) is 1.66. The second-order valence-electron chi connectivity index (χ2n) is 3.45. The fourth-order valence-electron chi connectivity index (χ4n) is 1.30. The van der Waals surface area contributed by atoms with Gasteiger partial charge in [-0.05, 0) is 24.3 Å².